The van der Waals surface area contributed by atoms with Gasteiger partial charge in [-0.3, -0.25) is 19.7 Å². The third-order valence-electron chi connectivity index (χ3n) is 2.14. The van der Waals surface area contributed by atoms with E-state index in [4.69, 9.17) is 4.74 Å². The Morgan fingerprint density at radius 2 is 2.00 bits per heavy atom. The van der Waals surface area contributed by atoms with Crippen LogP contribution in [0.15, 0.2) is 11.6 Å². The van der Waals surface area contributed by atoms with Gasteiger partial charge in [-0.2, -0.15) is 0 Å². The fourth-order valence-electron chi connectivity index (χ4n) is 1.26. The lowest BCUT2D eigenvalue weighted by Gasteiger charge is -2.10. The molecule has 0 N–H and O–H groups in total. The third-order valence-corrected chi connectivity index (χ3v) is 2.14. The summed E-state index contributed by atoms with van der Waals surface area (Å²) in [7, 11) is 0. The number of hydrogen-bond acceptors (Lipinski definition) is 5. The van der Waals surface area contributed by atoms with Crippen molar-refractivity contribution < 1.29 is 19.2 Å². The normalized spacial score (nSPS) is 13.0. The van der Waals surface area contributed by atoms with E-state index in [1.54, 1.807) is 13.8 Å². The maximum absolute atomic E-state index is 11.4. The van der Waals surface area contributed by atoms with Crippen molar-refractivity contribution in [2.45, 2.75) is 27.2 Å². The Labute approximate surface area is 99.8 Å². The van der Waals surface area contributed by atoms with Crippen LogP contribution in [-0.4, -0.2) is 29.8 Å². The number of carbonyl (C=O) groups excluding carboxylic acids is 2. The highest BCUT2D eigenvalue weighted by molar-refractivity contribution is 5.97. The zero-order valence-corrected chi connectivity index (χ0v) is 10.3. The molecular weight excluding hydrogens is 226 g/mol. The molecular formula is C11H17NO5. The molecule has 0 amide bonds. The average molecular weight is 243 g/mol. The fraction of sp³-hybridized carbons (Fsp3) is 0.636. The fourth-order valence-corrected chi connectivity index (χ4v) is 1.26. The van der Waals surface area contributed by atoms with Crippen molar-refractivity contribution in [2.24, 2.45) is 5.92 Å². The van der Waals surface area contributed by atoms with Crippen LogP contribution in [0.4, 0.5) is 0 Å². The molecule has 17 heavy (non-hydrogen) atoms. The minimum Gasteiger partial charge on any atom is -0.465 e. The second-order valence-electron chi connectivity index (χ2n) is 3.69. The van der Waals surface area contributed by atoms with Crippen LogP contribution in [0.1, 0.15) is 27.2 Å². The average Bonchev–Trinajstić information content (AvgIpc) is 2.16. The molecule has 0 aliphatic rings. The van der Waals surface area contributed by atoms with Crippen molar-refractivity contribution in [2.75, 3.05) is 13.2 Å². The minimum absolute atomic E-state index is 0.147. The van der Waals surface area contributed by atoms with E-state index in [2.05, 4.69) is 0 Å². The van der Waals surface area contributed by atoms with Gasteiger partial charge in [0.25, 0.3) is 0 Å². The minimum atomic E-state index is -0.864. The highest BCUT2D eigenvalue weighted by Gasteiger charge is 2.23. The van der Waals surface area contributed by atoms with Gasteiger partial charge in [0, 0.05) is 4.92 Å². The summed E-state index contributed by atoms with van der Waals surface area (Å²) < 4.78 is 4.76. The van der Waals surface area contributed by atoms with Gasteiger partial charge < -0.3 is 4.74 Å². The summed E-state index contributed by atoms with van der Waals surface area (Å²) in [6, 6.07) is 0. The zero-order valence-electron chi connectivity index (χ0n) is 10.3. The maximum Gasteiger partial charge on any atom is 0.316 e. The van der Waals surface area contributed by atoms with Crippen molar-refractivity contribution in [3.05, 3.63) is 21.8 Å². The Balaban J connectivity index is 4.51. The summed E-state index contributed by atoms with van der Waals surface area (Å²) in [4.78, 5) is 32.4. The standard InChI is InChI=1S/C11H17NO5/c1-4-17-11(14)10(9(3)13)6-5-8(2)7-12(15)16/h5,10H,4,6-7H2,1-3H3. The number of ketones is 1. The van der Waals surface area contributed by atoms with Crippen molar-refractivity contribution in [1.82, 2.24) is 0 Å². The second-order valence-corrected chi connectivity index (χ2v) is 3.69. The van der Waals surface area contributed by atoms with Crippen molar-refractivity contribution in [1.29, 1.82) is 0 Å². The zero-order chi connectivity index (χ0) is 13.4. The van der Waals surface area contributed by atoms with Crippen molar-refractivity contribution in [3.63, 3.8) is 0 Å². The molecule has 1 unspecified atom stereocenters. The number of nitrogens with zero attached hydrogens (tertiary/aromatic N) is 1. The lowest BCUT2D eigenvalue weighted by Crippen LogP contribution is -2.24. The summed E-state index contributed by atoms with van der Waals surface area (Å²) in [6.07, 6.45) is 1.68. The number of esters is 1. The van der Waals surface area contributed by atoms with E-state index < -0.39 is 16.8 Å². The largest absolute Gasteiger partial charge is 0.465 e. The molecule has 0 radical (unpaired) electrons. The number of ether oxygens (including phenoxy) is 1. The first kappa shape index (κ1) is 15.3. The molecule has 96 valence electrons. The molecule has 0 heterocycles. The monoisotopic (exact) mass is 243 g/mol. The molecule has 0 rings (SSSR count). The van der Waals surface area contributed by atoms with Crippen LogP contribution in [-0.2, 0) is 14.3 Å². The number of hydrogen-bond donors (Lipinski definition) is 0. The molecule has 0 fully saturated rings. The molecule has 0 bridgehead atoms. The molecule has 1 atom stereocenters. The smallest absolute Gasteiger partial charge is 0.316 e. The van der Waals surface area contributed by atoms with E-state index in [0.717, 1.165) is 0 Å². The Bertz CT molecular complexity index is 335. The van der Waals surface area contributed by atoms with Gasteiger partial charge in [-0.05, 0) is 32.8 Å². The quantitative estimate of drug-likeness (QED) is 0.221. The first-order valence-electron chi connectivity index (χ1n) is 5.33. The summed E-state index contributed by atoms with van der Waals surface area (Å²) in [5.74, 6) is -1.74. The van der Waals surface area contributed by atoms with Gasteiger partial charge in [-0.25, -0.2) is 0 Å². The van der Waals surface area contributed by atoms with Crippen LogP contribution in [0.2, 0.25) is 0 Å². The number of allylic oxidation sites excluding steroid dienone is 1. The van der Waals surface area contributed by atoms with Gasteiger partial charge >= 0.3 is 5.97 Å². The molecule has 0 aromatic heterocycles. The molecule has 0 saturated heterocycles. The van der Waals surface area contributed by atoms with Gasteiger partial charge in [-0.15, -0.1) is 0 Å². The van der Waals surface area contributed by atoms with Crippen LogP contribution < -0.4 is 0 Å². The highest BCUT2D eigenvalue weighted by atomic mass is 16.6. The van der Waals surface area contributed by atoms with E-state index in [1.807, 2.05) is 0 Å². The topological polar surface area (TPSA) is 86.5 Å². The highest BCUT2D eigenvalue weighted by Crippen LogP contribution is 2.10. The first-order valence-corrected chi connectivity index (χ1v) is 5.33. The Hall–Kier alpha value is -1.72. The van der Waals surface area contributed by atoms with Crippen molar-refractivity contribution >= 4 is 11.8 Å². The van der Waals surface area contributed by atoms with Gasteiger partial charge in [-0.1, -0.05) is 6.08 Å². The Morgan fingerprint density at radius 3 is 2.41 bits per heavy atom. The van der Waals surface area contributed by atoms with E-state index in [9.17, 15) is 19.7 Å². The van der Waals surface area contributed by atoms with Crippen LogP contribution in [0.25, 0.3) is 0 Å². The van der Waals surface area contributed by atoms with Crippen LogP contribution in [0.5, 0.6) is 0 Å². The van der Waals surface area contributed by atoms with Crippen LogP contribution >= 0.6 is 0 Å². The molecule has 6 nitrogen and oxygen atoms in total. The van der Waals surface area contributed by atoms with Gasteiger partial charge in [0.15, 0.2) is 0 Å². The third kappa shape index (κ3) is 6.44. The van der Waals surface area contributed by atoms with Crippen molar-refractivity contribution in [3.8, 4) is 0 Å². The predicted molar refractivity (Wildman–Crippen MR) is 61.0 cm³/mol. The summed E-state index contributed by atoms with van der Waals surface area (Å²) in [6.45, 7) is 4.47. The summed E-state index contributed by atoms with van der Waals surface area (Å²) >= 11 is 0. The SMILES string of the molecule is CCOC(=O)C(CC=C(C)C[N+](=O)[O-])C(C)=O. The number of carbonyl (C=O) groups is 2. The second kappa shape index (κ2) is 7.54. The molecule has 6 heteroatoms. The number of nitro groups is 1. The maximum atomic E-state index is 11.4. The summed E-state index contributed by atoms with van der Waals surface area (Å²) in [5, 5.41) is 10.2. The molecule has 0 aromatic carbocycles. The van der Waals surface area contributed by atoms with E-state index in [1.165, 1.54) is 13.0 Å². The Morgan fingerprint density at radius 1 is 1.41 bits per heavy atom. The number of Topliss-reactive ketones (excluding diaryl/α,β-unsaturated/α-hetero) is 1. The number of rotatable bonds is 7. The molecule has 0 aliphatic carbocycles. The van der Waals surface area contributed by atoms with E-state index in [-0.39, 0.29) is 25.4 Å². The lowest BCUT2D eigenvalue weighted by molar-refractivity contribution is -0.470. The molecule has 0 spiro atoms. The van der Waals surface area contributed by atoms with E-state index in [0.29, 0.717) is 5.57 Å². The van der Waals surface area contributed by atoms with Gasteiger partial charge in [0.05, 0.1) is 6.61 Å². The molecule has 0 aliphatic heterocycles. The van der Waals surface area contributed by atoms with Crippen LogP contribution in [0.3, 0.4) is 0 Å². The summed E-state index contributed by atoms with van der Waals surface area (Å²) in [5.41, 5.74) is 0.519. The van der Waals surface area contributed by atoms with E-state index >= 15 is 0 Å². The van der Waals surface area contributed by atoms with Gasteiger partial charge in [0.2, 0.25) is 6.54 Å². The molecule has 0 aromatic rings. The van der Waals surface area contributed by atoms with Crippen LogP contribution in [0, 0.1) is 16.0 Å². The lowest BCUT2D eigenvalue weighted by atomic mass is 10.00. The molecule has 0 saturated carbocycles. The van der Waals surface area contributed by atoms with Gasteiger partial charge in [0.1, 0.15) is 11.7 Å². The predicted octanol–water partition coefficient (Wildman–Crippen LogP) is 1.37. The Kier molecular flexibility index (Phi) is 6.77. The first-order chi connectivity index (χ1) is 7.88.